The van der Waals surface area contributed by atoms with Crippen LogP contribution in [0.25, 0.3) is 0 Å². The van der Waals surface area contributed by atoms with E-state index in [0.29, 0.717) is 13.1 Å². The monoisotopic (exact) mass is 208 g/mol. The van der Waals surface area contributed by atoms with Gasteiger partial charge >= 0.3 is 0 Å². The molecule has 0 saturated carbocycles. The van der Waals surface area contributed by atoms with Crippen LogP contribution in [0.3, 0.4) is 0 Å². The average Bonchev–Trinajstić information content (AvgIpc) is 2.75. The van der Waals surface area contributed by atoms with Gasteiger partial charge < -0.3 is 9.73 Å². The van der Waals surface area contributed by atoms with E-state index in [0.717, 1.165) is 5.76 Å². The summed E-state index contributed by atoms with van der Waals surface area (Å²) in [5.41, 5.74) is 0. The predicted octanol–water partition coefficient (Wildman–Crippen LogP) is 1.06. The summed E-state index contributed by atoms with van der Waals surface area (Å²) in [5, 5.41) is 5.77. The summed E-state index contributed by atoms with van der Waals surface area (Å²) in [4.78, 5) is 11.4. The largest absolute Gasteiger partial charge is 0.468 e. The minimum atomic E-state index is -0.241. The summed E-state index contributed by atoms with van der Waals surface area (Å²) >= 11 is 0. The van der Waals surface area contributed by atoms with Crippen LogP contribution in [0.4, 0.5) is 0 Å². The van der Waals surface area contributed by atoms with Crippen molar-refractivity contribution in [2.24, 2.45) is 0 Å². The van der Waals surface area contributed by atoms with Gasteiger partial charge in [-0.25, -0.2) is 0 Å². The molecular formula is C11H16N2O2. The van der Waals surface area contributed by atoms with Crippen LogP contribution < -0.4 is 10.6 Å². The molecule has 0 aromatic carbocycles. The van der Waals surface area contributed by atoms with Gasteiger partial charge in [0.1, 0.15) is 5.76 Å². The topological polar surface area (TPSA) is 54.3 Å². The second-order valence-electron chi connectivity index (χ2n) is 3.22. The molecule has 1 rings (SSSR count). The molecule has 1 atom stereocenters. The fourth-order valence-electron chi connectivity index (χ4n) is 1.09. The molecule has 0 unspecified atom stereocenters. The van der Waals surface area contributed by atoms with Gasteiger partial charge in [0.2, 0.25) is 5.91 Å². The van der Waals surface area contributed by atoms with E-state index in [1.165, 1.54) is 0 Å². The number of carbonyl (C=O) groups is 1. The molecule has 1 amide bonds. The Morgan fingerprint density at radius 2 is 2.53 bits per heavy atom. The standard InChI is InChI=1S/C11H16N2O2/c1-3-6-12-11(14)9(2)13-8-10-5-4-7-15-10/h3-5,7,9,13H,1,6,8H2,2H3,(H,12,14)/t9-/m0/s1. The van der Waals surface area contributed by atoms with E-state index in [1.807, 2.05) is 12.1 Å². The van der Waals surface area contributed by atoms with Crippen molar-refractivity contribution in [3.63, 3.8) is 0 Å². The molecule has 4 heteroatoms. The molecule has 0 bridgehead atoms. The Labute approximate surface area is 89.4 Å². The molecule has 0 fully saturated rings. The van der Waals surface area contributed by atoms with Crippen molar-refractivity contribution in [1.82, 2.24) is 10.6 Å². The number of carbonyl (C=O) groups excluding carboxylic acids is 1. The van der Waals surface area contributed by atoms with E-state index in [9.17, 15) is 4.79 Å². The van der Waals surface area contributed by atoms with Crippen LogP contribution in [0.1, 0.15) is 12.7 Å². The molecule has 1 aromatic heterocycles. The van der Waals surface area contributed by atoms with Gasteiger partial charge in [0, 0.05) is 6.54 Å². The molecule has 4 nitrogen and oxygen atoms in total. The van der Waals surface area contributed by atoms with Crippen molar-refractivity contribution < 1.29 is 9.21 Å². The molecule has 1 aromatic rings. The fourth-order valence-corrected chi connectivity index (χ4v) is 1.09. The molecule has 1 heterocycles. The second kappa shape index (κ2) is 6.03. The maximum atomic E-state index is 11.4. The quantitative estimate of drug-likeness (QED) is 0.687. The predicted molar refractivity (Wildman–Crippen MR) is 58.2 cm³/mol. The summed E-state index contributed by atoms with van der Waals surface area (Å²) in [7, 11) is 0. The molecular weight excluding hydrogens is 192 g/mol. The van der Waals surface area contributed by atoms with Gasteiger partial charge in [0.05, 0.1) is 18.8 Å². The molecule has 0 spiro atoms. The average molecular weight is 208 g/mol. The molecule has 0 radical (unpaired) electrons. The van der Waals surface area contributed by atoms with Crippen LogP contribution in [0, 0.1) is 0 Å². The van der Waals surface area contributed by atoms with Gasteiger partial charge in [0.15, 0.2) is 0 Å². The fraction of sp³-hybridized carbons (Fsp3) is 0.364. The third-order valence-corrected chi connectivity index (χ3v) is 1.98. The van der Waals surface area contributed by atoms with Gasteiger partial charge in [0.25, 0.3) is 0 Å². The van der Waals surface area contributed by atoms with Crippen LogP contribution >= 0.6 is 0 Å². The van der Waals surface area contributed by atoms with E-state index in [4.69, 9.17) is 4.42 Å². The molecule has 15 heavy (non-hydrogen) atoms. The number of rotatable bonds is 6. The SMILES string of the molecule is C=CCNC(=O)[C@H](C)NCc1ccco1. The summed E-state index contributed by atoms with van der Waals surface area (Å²) in [6.45, 7) is 6.38. The first-order chi connectivity index (χ1) is 7.24. The third kappa shape index (κ3) is 3.99. The first-order valence-electron chi connectivity index (χ1n) is 4.88. The van der Waals surface area contributed by atoms with Gasteiger partial charge in [-0.1, -0.05) is 6.08 Å². The number of furan rings is 1. The molecule has 2 N–H and O–H groups in total. The highest BCUT2D eigenvalue weighted by atomic mass is 16.3. The van der Waals surface area contributed by atoms with E-state index in [2.05, 4.69) is 17.2 Å². The Kier molecular flexibility index (Phi) is 4.63. The Balaban J connectivity index is 2.26. The van der Waals surface area contributed by atoms with E-state index in [-0.39, 0.29) is 11.9 Å². The zero-order chi connectivity index (χ0) is 11.1. The Morgan fingerprint density at radius 3 is 3.13 bits per heavy atom. The number of hydrogen-bond acceptors (Lipinski definition) is 3. The van der Waals surface area contributed by atoms with Crippen LogP contribution in [0.5, 0.6) is 0 Å². The smallest absolute Gasteiger partial charge is 0.237 e. The molecule has 0 aliphatic carbocycles. The Morgan fingerprint density at radius 1 is 1.73 bits per heavy atom. The molecule has 0 saturated heterocycles. The van der Waals surface area contributed by atoms with Crippen LogP contribution in [-0.4, -0.2) is 18.5 Å². The van der Waals surface area contributed by atoms with Crippen molar-refractivity contribution in [2.45, 2.75) is 19.5 Å². The first-order valence-corrected chi connectivity index (χ1v) is 4.88. The Bertz CT molecular complexity index is 306. The zero-order valence-electron chi connectivity index (χ0n) is 8.82. The van der Waals surface area contributed by atoms with Crippen molar-refractivity contribution in [2.75, 3.05) is 6.54 Å². The van der Waals surface area contributed by atoms with Gasteiger partial charge in [-0.05, 0) is 19.1 Å². The molecule has 0 aliphatic heterocycles. The maximum absolute atomic E-state index is 11.4. The zero-order valence-corrected chi connectivity index (χ0v) is 8.82. The van der Waals surface area contributed by atoms with Crippen molar-refractivity contribution in [3.05, 3.63) is 36.8 Å². The molecule has 0 aliphatic rings. The highest BCUT2D eigenvalue weighted by Gasteiger charge is 2.10. The highest BCUT2D eigenvalue weighted by Crippen LogP contribution is 1.99. The van der Waals surface area contributed by atoms with Crippen molar-refractivity contribution in [1.29, 1.82) is 0 Å². The number of nitrogens with one attached hydrogen (secondary N) is 2. The summed E-state index contributed by atoms with van der Waals surface area (Å²) < 4.78 is 5.13. The van der Waals surface area contributed by atoms with Crippen LogP contribution in [0.2, 0.25) is 0 Å². The van der Waals surface area contributed by atoms with Gasteiger partial charge in [-0.15, -0.1) is 6.58 Å². The number of amides is 1. The van der Waals surface area contributed by atoms with E-state index in [1.54, 1.807) is 19.3 Å². The van der Waals surface area contributed by atoms with Gasteiger partial charge in [-0.2, -0.15) is 0 Å². The van der Waals surface area contributed by atoms with E-state index < -0.39 is 0 Å². The minimum Gasteiger partial charge on any atom is -0.468 e. The lowest BCUT2D eigenvalue weighted by atomic mass is 10.3. The number of hydrogen-bond donors (Lipinski definition) is 2. The Hall–Kier alpha value is -1.55. The van der Waals surface area contributed by atoms with Gasteiger partial charge in [-0.3, -0.25) is 10.1 Å². The second-order valence-corrected chi connectivity index (χ2v) is 3.22. The highest BCUT2D eigenvalue weighted by molar-refractivity contribution is 5.81. The van der Waals surface area contributed by atoms with E-state index >= 15 is 0 Å². The third-order valence-electron chi connectivity index (χ3n) is 1.98. The maximum Gasteiger partial charge on any atom is 0.237 e. The van der Waals surface area contributed by atoms with Crippen LogP contribution in [-0.2, 0) is 11.3 Å². The summed E-state index contributed by atoms with van der Waals surface area (Å²) in [6, 6.07) is 3.44. The lowest BCUT2D eigenvalue weighted by molar-refractivity contribution is -0.122. The summed E-state index contributed by atoms with van der Waals surface area (Å²) in [5.74, 6) is 0.778. The lowest BCUT2D eigenvalue weighted by Gasteiger charge is -2.11. The van der Waals surface area contributed by atoms with Crippen LogP contribution in [0.15, 0.2) is 35.5 Å². The first kappa shape index (κ1) is 11.5. The lowest BCUT2D eigenvalue weighted by Crippen LogP contribution is -2.41. The summed E-state index contributed by atoms with van der Waals surface area (Å²) in [6.07, 6.45) is 3.26. The van der Waals surface area contributed by atoms with Crippen molar-refractivity contribution in [3.8, 4) is 0 Å². The molecule has 82 valence electrons. The normalized spacial score (nSPS) is 12.1. The minimum absolute atomic E-state index is 0.0403. The van der Waals surface area contributed by atoms with Crippen molar-refractivity contribution >= 4 is 5.91 Å².